The summed E-state index contributed by atoms with van der Waals surface area (Å²) in [5.74, 6) is -5.00. The summed E-state index contributed by atoms with van der Waals surface area (Å²) in [4.78, 5) is 64.6. The summed E-state index contributed by atoms with van der Waals surface area (Å²) < 4.78 is 0. The standard InChI is InChI=1S/C24H34N6O6S/c1-3-12(2)20(23(34)28-17(9-19(26)31)22(33)29-18(11-37)24(35)36)30-21(32)15(25)8-13-10-27-16-7-5-4-6-14(13)16/h4-7,10,12,15,17-18,20,27,37H,3,8-9,11,25H2,1-2H3,(H2,26,31)(H,28,34)(H,29,33)(H,30,32)(H,35,36). The monoisotopic (exact) mass is 534 g/mol. The van der Waals surface area contributed by atoms with Crippen LogP contribution in [0.4, 0.5) is 0 Å². The Morgan fingerprint density at radius 2 is 1.68 bits per heavy atom. The summed E-state index contributed by atoms with van der Waals surface area (Å²) in [6.07, 6.45) is 1.93. The number of carbonyl (C=O) groups is 5. The number of aliphatic carboxylic acids is 1. The van der Waals surface area contributed by atoms with Gasteiger partial charge in [0.25, 0.3) is 0 Å². The SMILES string of the molecule is CCC(C)C(NC(=O)C(N)Cc1c[nH]c2ccccc12)C(=O)NC(CC(N)=O)C(=O)NC(CS)C(=O)O. The normalized spacial score (nSPS) is 15.1. The van der Waals surface area contributed by atoms with Crippen molar-refractivity contribution in [3.63, 3.8) is 0 Å². The largest absolute Gasteiger partial charge is 0.480 e. The van der Waals surface area contributed by atoms with E-state index in [2.05, 4.69) is 33.6 Å². The molecule has 0 aliphatic carbocycles. The van der Waals surface area contributed by atoms with Crippen LogP contribution in [-0.2, 0) is 30.4 Å². The maximum Gasteiger partial charge on any atom is 0.327 e. The lowest BCUT2D eigenvalue weighted by molar-refractivity contribution is -0.141. The number of nitrogens with one attached hydrogen (secondary N) is 4. The van der Waals surface area contributed by atoms with Gasteiger partial charge in [-0.3, -0.25) is 19.2 Å². The number of primary amides is 1. The second-order valence-electron chi connectivity index (χ2n) is 8.86. The first-order chi connectivity index (χ1) is 17.5. The van der Waals surface area contributed by atoms with Crippen LogP contribution in [0.3, 0.4) is 0 Å². The van der Waals surface area contributed by atoms with Crippen molar-refractivity contribution in [1.82, 2.24) is 20.9 Å². The number of rotatable bonds is 14. The Morgan fingerprint density at radius 3 is 2.27 bits per heavy atom. The summed E-state index contributed by atoms with van der Waals surface area (Å²) in [5, 5.41) is 17.4. The number of carbonyl (C=O) groups excluding carboxylic acids is 4. The molecule has 1 aromatic carbocycles. The number of fused-ring (bicyclic) bond motifs is 1. The third-order valence-electron chi connectivity index (χ3n) is 6.08. The molecule has 0 radical (unpaired) electrons. The van der Waals surface area contributed by atoms with Gasteiger partial charge in [0.15, 0.2) is 0 Å². The summed E-state index contributed by atoms with van der Waals surface area (Å²) >= 11 is 3.88. The Kier molecular flexibility index (Phi) is 10.9. The first kappa shape index (κ1) is 29.6. The zero-order valence-electron chi connectivity index (χ0n) is 20.7. The zero-order chi connectivity index (χ0) is 27.7. The van der Waals surface area contributed by atoms with E-state index in [-0.39, 0.29) is 18.1 Å². The minimum atomic E-state index is -1.45. The molecule has 13 heteroatoms. The van der Waals surface area contributed by atoms with Crippen molar-refractivity contribution in [2.24, 2.45) is 17.4 Å². The van der Waals surface area contributed by atoms with E-state index in [4.69, 9.17) is 16.6 Å². The van der Waals surface area contributed by atoms with E-state index >= 15 is 0 Å². The topological polar surface area (TPSA) is 209 Å². The molecule has 5 unspecified atom stereocenters. The van der Waals surface area contributed by atoms with Crippen LogP contribution in [-0.4, -0.2) is 69.6 Å². The molecule has 9 N–H and O–H groups in total. The zero-order valence-corrected chi connectivity index (χ0v) is 21.6. The van der Waals surface area contributed by atoms with Crippen LogP contribution < -0.4 is 27.4 Å². The van der Waals surface area contributed by atoms with E-state index < -0.39 is 60.2 Å². The number of aromatic nitrogens is 1. The molecule has 37 heavy (non-hydrogen) atoms. The number of nitrogens with two attached hydrogens (primary N) is 2. The highest BCUT2D eigenvalue weighted by molar-refractivity contribution is 7.80. The molecule has 0 aliphatic rings. The number of hydrogen-bond acceptors (Lipinski definition) is 7. The molecule has 12 nitrogen and oxygen atoms in total. The van der Waals surface area contributed by atoms with Crippen LogP contribution >= 0.6 is 12.6 Å². The van der Waals surface area contributed by atoms with Crippen LogP contribution in [0.15, 0.2) is 30.5 Å². The highest BCUT2D eigenvalue weighted by atomic mass is 32.1. The Hall–Kier alpha value is -3.58. The van der Waals surface area contributed by atoms with Crippen LogP contribution in [0.25, 0.3) is 10.9 Å². The van der Waals surface area contributed by atoms with Crippen molar-refractivity contribution in [1.29, 1.82) is 0 Å². The molecular weight excluding hydrogens is 500 g/mol. The van der Waals surface area contributed by atoms with Gasteiger partial charge in [-0.2, -0.15) is 12.6 Å². The fourth-order valence-electron chi connectivity index (χ4n) is 3.72. The number of para-hydroxylation sites is 1. The molecule has 0 spiro atoms. The maximum absolute atomic E-state index is 13.1. The van der Waals surface area contributed by atoms with Crippen LogP contribution in [0, 0.1) is 5.92 Å². The molecule has 0 bridgehead atoms. The third-order valence-corrected chi connectivity index (χ3v) is 6.45. The molecule has 0 fully saturated rings. The molecule has 4 amide bonds. The molecule has 1 aromatic heterocycles. The fraction of sp³-hybridized carbons (Fsp3) is 0.458. The van der Waals surface area contributed by atoms with Gasteiger partial charge < -0.3 is 37.5 Å². The van der Waals surface area contributed by atoms with Crippen molar-refractivity contribution in [3.05, 3.63) is 36.0 Å². The molecule has 0 aliphatic heterocycles. The molecule has 2 rings (SSSR count). The van der Waals surface area contributed by atoms with Gasteiger partial charge in [-0.15, -0.1) is 0 Å². The summed E-state index contributed by atoms with van der Waals surface area (Å²) in [6, 6.07) is 2.75. The van der Waals surface area contributed by atoms with Gasteiger partial charge in [0, 0.05) is 22.9 Å². The van der Waals surface area contributed by atoms with Crippen molar-refractivity contribution >= 4 is 53.1 Å². The maximum atomic E-state index is 13.1. The summed E-state index contributed by atoms with van der Waals surface area (Å²) in [7, 11) is 0. The predicted octanol–water partition coefficient (Wildman–Crippen LogP) is -0.572. The van der Waals surface area contributed by atoms with Gasteiger partial charge in [-0.1, -0.05) is 38.5 Å². The quantitative estimate of drug-likeness (QED) is 0.148. The average Bonchev–Trinajstić information content (AvgIpc) is 3.26. The van der Waals surface area contributed by atoms with Gasteiger partial charge in [0.05, 0.1) is 12.5 Å². The number of amides is 4. The van der Waals surface area contributed by atoms with Gasteiger partial charge in [-0.25, -0.2) is 4.79 Å². The highest BCUT2D eigenvalue weighted by Gasteiger charge is 2.33. The van der Waals surface area contributed by atoms with Crippen molar-refractivity contribution < 1.29 is 29.1 Å². The second kappa shape index (κ2) is 13.7. The van der Waals surface area contributed by atoms with E-state index in [1.54, 1.807) is 13.1 Å². The first-order valence-corrected chi connectivity index (χ1v) is 12.4. The lowest BCUT2D eigenvalue weighted by Crippen LogP contribution is -2.59. The second-order valence-corrected chi connectivity index (χ2v) is 9.22. The number of H-pyrrole nitrogens is 1. The molecular formula is C24H34N6O6S. The van der Waals surface area contributed by atoms with Crippen LogP contribution in [0.1, 0.15) is 32.3 Å². The number of aromatic amines is 1. The lowest BCUT2D eigenvalue weighted by Gasteiger charge is -2.27. The molecule has 1 heterocycles. The van der Waals surface area contributed by atoms with E-state index in [1.165, 1.54) is 0 Å². The number of hydrogen-bond donors (Lipinski definition) is 8. The van der Waals surface area contributed by atoms with Crippen LogP contribution in [0.5, 0.6) is 0 Å². The number of benzene rings is 1. The highest BCUT2D eigenvalue weighted by Crippen LogP contribution is 2.19. The molecule has 2 aromatic rings. The lowest BCUT2D eigenvalue weighted by atomic mass is 9.96. The summed E-state index contributed by atoms with van der Waals surface area (Å²) in [5.41, 5.74) is 13.1. The van der Waals surface area contributed by atoms with Crippen molar-refractivity contribution in [3.8, 4) is 0 Å². The first-order valence-electron chi connectivity index (χ1n) is 11.8. The van der Waals surface area contributed by atoms with Crippen LogP contribution in [0.2, 0.25) is 0 Å². The van der Waals surface area contributed by atoms with Gasteiger partial charge in [-0.05, 0) is 24.0 Å². The minimum absolute atomic E-state index is 0.210. The van der Waals surface area contributed by atoms with Gasteiger partial charge in [0.2, 0.25) is 23.6 Å². The molecule has 0 saturated carbocycles. The fourth-order valence-corrected chi connectivity index (χ4v) is 3.97. The summed E-state index contributed by atoms with van der Waals surface area (Å²) in [6.45, 7) is 3.56. The Balaban J connectivity index is 2.14. The minimum Gasteiger partial charge on any atom is -0.480 e. The van der Waals surface area contributed by atoms with Gasteiger partial charge in [0.1, 0.15) is 18.1 Å². The van der Waals surface area contributed by atoms with Crippen molar-refractivity contribution in [2.45, 2.75) is 57.3 Å². The Labute approximate surface area is 219 Å². The number of carboxylic acid groups (broad SMARTS) is 1. The number of thiol groups is 1. The molecule has 202 valence electrons. The van der Waals surface area contributed by atoms with E-state index in [0.29, 0.717) is 6.42 Å². The smallest absolute Gasteiger partial charge is 0.327 e. The van der Waals surface area contributed by atoms with E-state index in [1.807, 2.05) is 31.2 Å². The van der Waals surface area contributed by atoms with E-state index in [0.717, 1.165) is 16.5 Å². The van der Waals surface area contributed by atoms with Crippen molar-refractivity contribution in [2.75, 3.05) is 5.75 Å². The average molecular weight is 535 g/mol. The third kappa shape index (κ3) is 8.22. The predicted molar refractivity (Wildman–Crippen MR) is 141 cm³/mol. The van der Waals surface area contributed by atoms with Gasteiger partial charge >= 0.3 is 5.97 Å². The Bertz CT molecular complexity index is 1140. The number of carboxylic acids is 1. The van der Waals surface area contributed by atoms with E-state index in [9.17, 15) is 24.0 Å². The molecule has 0 saturated heterocycles. The molecule has 5 atom stereocenters. The Morgan fingerprint density at radius 1 is 1.03 bits per heavy atom.